The lowest BCUT2D eigenvalue weighted by molar-refractivity contribution is 0.479. The second kappa shape index (κ2) is 5.07. The molecular weight excluding hydrogens is 268 g/mol. The van der Waals surface area contributed by atoms with Gasteiger partial charge in [-0.15, -0.1) is 0 Å². The number of amidine groups is 1. The highest BCUT2D eigenvalue weighted by atomic mass is 35.5. The van der Waals surface area contributed by atoms with Crippen molar-refractivity contribution in [3.63, 3.8) is 0 Å². The minimum atomic E-state index is 0.536. The molecular formula is C17H21ClN2. The van der Waals surface area contributed by atoms with E-state index < -0.39 is 0 Å². The summed E-state index contributed by atoms with van der Waals surface area (Å²) in [6.45, 7) is 0.923. The van der Waals surface area contributed by atoms with Crippen LogP contribution in [0.3, 0.4) is 0 Å². The van der Waals surface area contributed by atoms with E-state index in [2.05, 4.69) is 17.4 Å². The highest BCUT2D eigenvalue weighted by molar-refractivity contribution is 6.30. The molecule has 2 saturated carbocycles. The summed E-state index contributed by atoms with van der Waals surface area (Å²) in [5.41, 5.74) is 1.37. The summed E-state index contributed by atoms with van der Waals surface area (Å²) in [4.78, 5) is 4.75. The number of benzene rings is 1. The van der Waals surface area contributed by atoms with E-state index in [-0.39, 0.29) is 0 Å². The Morgan fingerprint density at radius 1 is 1.05 bits per heavy atom. The number of hydrogen-bond acceptors (Lipinski definition) is 2. The molecule has 106 valence electrons. The fraction of sp³-hybridized carbons (Fsp3) is 0.588. The van der Waals surface area contributed by atoms with Crippen molar-refractivity contribution in [3.8, 4) is 0 Å². The Bertz CT molecular complexity index is 502. The highest BCUT2D eigenvalue weighted by Gasteiger charge is 2.42. The van der Waals surface area contributed by atoms with E-state index in [1.165, 1.54) is 37.1 Å². The van der Waals surface area contributed by atoms with Crippen LogP contribution in [0.5, 0.6) is 0 Å². The van der Waals surface area contributed by atoms with Crippen molar-refractivity contribution in [1.29, 1.82) is 0 Å². The zero-order valence-corrected chi connectivity index (χ0v) is 12.4. The quantitative estimate of drug-likeness (QED) is 0.890. The van der Waals surface area contributed by atoms with Crippen LogP contribution in [0.4, 0.5) is 0 Å². The first-order chi connectivity index (χ1) is 9.79. The molecule has 0 amide bonds. The summed E-state index contributed by atoms with van der Waals surface area (Å²) in [7, 11) is 0. The summed E-state index contributed by atoms with van der Waals surface area (Å²) >= 11 is 5.96. The molecule has 2 nitrogen and oxygen atoms in total. The van der Waals surface area contributed by atoms with Crippen LogP contribution >= 0.6 is 11.6 Å². The molecule has 1 unspecified atom stereocenters. The minimum absolute atomic E-state index is 0.536. The number of nitrogens with one attached hydrogen (secondary N) is 1. The molecule has 1 aromatic rings. The maximum atomic E-state index is 5.96. The fourth-order valence-corrected chi connectivity index (χ4v) is 3.50. The van der Waals surface area contributed by atoms with E-state index in [0.29, 0.717) is 5.92 Å². The molecule has 20 heavy (non-hydrogen) atoms. The molecule has 1 N–H and O–H groups in total. The van der Waals surface area contributed by atoms with Gasteiger partial charge in [0, 0.05) is 29.9 Å². The fourth-order valence-electron chi connectivity index (χ4n) is 3.37. The molecule has 1 aromatic carbocycles. The average Bonchev–Trinajstić information content (AvgIpc) is 3.37. The van der Waals surface area contributed by atoms with Gasteiger partial charge in [0.2, 0.25) is 0 Å². The zero-order valence-electron chi connectivity index (χ0n) is 11.7. The summed E-state index contributed by atoms with van der Waals surface area (Å²) in [6, 6.07) is 8.98. The Balaban J connectivity index is 1.38. The maximum Gasteiger partial charge on any atom is 0.0972 e. The first-order valence-corrected chi connectivity index (χ1v) is 8.23. The second-order valence-electron chi connectivity index (χ2n) is 6.58. The Hall–Kier alpha value is -1.02. The molecule has 2 fully saturated rings. The van der Waals surface area contributed by atoms with Crippen LogP contribution in [-0.2, 0) is 0 Å². The van der Waals surface area contributed by atoms with E-state index in [9.17, 15) is 0 Å². The molecule has 0 bridgehead atoms. The Morgan fingerprint density at radius 3 is 2.30 bits per heavy atom. The van der Waals surface area contributed by atoms with Crippen LogP contribution in [0.25, 0.3) is 0 Å². The summed E-state index contributed by atoms with van der Waals surface area (Å²) in [6.07, 6.45) is 6.74. The van der Waals surface area contributed by atoms with Gasteiger partial charge >= 0.3 is 0 Å². The molecule has 1 heterocycles. The van der Waals surface area contributed by atoms with Crippen molar-refractivity contribution in [2.24, 2.45) is 16.8 Å². The van der Waals surface area contributed by atoms with Gasteiger partial charge in [0.15, 0.2) is 0 Å². The summed E-state index contributed by atoms with van der Waals surface area (Å²) in [5, 5.41) is 4.59. The van der Waals surface area contributed by atoms with Crippen molar-refractivity contribution in [2.75, 3.05) is 6.54 Å². The van der Waals surface area contributed by atoms with Crippen LogP contribution in [0.1, 0.15) is 43.6 Å². The smallest absolute Gasteiger partial charge is 0.0972 e. The third kappa shape index (κ3) is 2.71. The number of nitrogens with zero attached hydrogens (tertiary/aromatic N) is 1. The van der Waals surface area contributed by atoms with E-state index in [1.54, 1.807) is 0 Å². The third-order valence-corrected chi connectivity index (χ3v) is 5.13. The predicted octanol–water partition coefficient (Wildman–Crippen LogP) is 4.00. The van der Waals surface area contributed by atoms with E-state index in [1.807, 2.05) is 12.1 Å². The van der Waals surface area contributed by atoms with Gasteiger partial charge in [-0.05, 0) is 55.2 Å². The lowest BCUT2D eigenvalue weighted by Gasteiger charge is -2.19. The standard InChI is InChI=1S/C17H21ClN2/c18-15-7-5-11(6-8-15)14-9-16(19-10-14)20-17(12-1-2-12)13-3-4-13/h5-8,12-14,17H,1-4,9-10H2,(H,19,20). The van der Waals surface area contributed by atoms with Gasteiger partial charge < -0.3 is 5.32 Å². The number of rotatable bonds is 4. The predicted molar refractivity (Wildman–Crippen MR) is 83.5 cm³/mol. The second-order valence-corrected chi connectivity index (χ2v) is 7.02. The Morgan fingerprint density at radius 2 is 1.70 bits per heavy atom. The van der Waals surface area contributed by atoms with Crippen molar-refractivity contribution in [1.82, 2.24) is 5.32 Å². The SMILES string of the molecule is Clc1ccc(C2CN=C(NC(C3CC3)C3CC3)C2)cc1. The summed E-state index contributed by atoms with van der Waals surface area (Å²) in [5.74, 6) is 3.64. The molecule has 0 radical (unpaired) electrons. The molecule has 3 heteroatoms. The normalized spacial score (nSPS) is 25.9. The zero-order chi connectivity index (χ0) is 13.5. The monoisotopic (exact) mass is 288 g/mol. The lowest BCUT2D eigenvalue weighted by Crippen LogP contribution is -2.37. The van der Waals surface area contributed by atoms with Crippen molar-refractivity contribution in [2.45, 2.75) is 44.1 Å². The van der Waals surface area contributed by atoms with Gasteiger partial charge in [0.05, 0.1) is 5.84 Å². The molecule has 0 aromatic heterocycles. The van der Waals surface area contributed by atoms with Crippen LogP contribution in [0.2, 0.25) is 5.02 Å². The maximum absolute atomic E-state index is 5.96. The molecule has 1 aliphatic heterocycles. The number of halogens is 1. The Labute approximate surface area is 125 Å². The summed E-state index contributed by atoms with van der Waals surface area (Å²) < 4.78 is 0. The average molecular weight is 289 g/mol. The molecule has 1 atom stereocenters. The van der Waals surface area contributed by atoms with Gasteiger partial charge in [0.25, 0.3) is 0 Å². The van der Waals surface area contributed by atoms with Gasteiger partial charge in [0.1, 0.15) is 0 Å². The molecule has 3 aliphatic rings. The van der Waals surface area contributed by atoms with E-state index >= 15 is 0 Å². The van der Waals surface area contributed by atoms with E-state index in [4.69, 9.17) is 16.6 Å². The van der Waals surface area contributed by atoms with Crippen molar-refractivity contribution < 1.29 is 0 Å². The first kappa shape index (κ1) is 12.7. The van der Waals surface area contributed by atoms with E-state index in [0.717, 1.165) is 35.9 Å². The van der Waals surface area contributed by atoms with Gasteiger partial charge in [-0.3, -0.25) is 4.99 Å². The highest BCUT2D eigenvalue weighted by Crippen LogP contribution is 2.44. The number of aliphatic imine (C=N–C) groups is 1. The molecule has 4 rings (SSSR count). The topological polar surface area (TPSA) is 24.4 Å². The number of hydrogen-bond donors (Lipinski definition) is 1. The molecule has 0 spiro atoms. The van der Waals surface area contributed by atoms with Gasteiger partial charge in [-0.25, -0.2) is 0 Å². The van der Waals surface area contributed by atoms with Crippen LogP contribution in [-0.4, -0.2) is 18.4 Å². The van der Waals surface area contributed by atoms with Crippen molar-refractivity contribution in [3.05, 3.63) is 34.9 Å². The van der Waals surface area contributed by atoms with Crippen molar-refractivity contribution >= 4 is 17.4 Å². The third-order valence-electron chi connectivity index (χ3n) is 4.88. The van der Waals surface area contributed by atoms with Gasteiger partial charge in [-0.1, -0.05) is 23.7 Å². The first-order valence-electron chi connectivity index (χ1n) is 7.85. The molecule has 2 aliphatic carbocycles. The molecule has 0 saturated heterocycles. The largest absolute Gasteiger partial charge is 0.371 e. The van der Waals surface area contributed by atoms with Crippen LogP contribution < -0.4 is 5.32 Å². The van der Waals surface area contributed by atoms with Gasteiger partial charge in [-0.2, -0.15) is 0 Å². The van der Waals surface area contributed by atoms with Crippen LogP contribution in [0.15, 0.2) is 29.3 Å². The lowest BCUT2D eigenvalue weighted by atomic mass is 9.97. The Kier molecular flexibility index (Phi) is 3.22. The minimum Gasteiger partial charge on any atom is -0.371 e. The van der Waals surface area contributed by atoms with Crippen LogP contribution in [0, 0.1) is 11.8 Å².